The van der Waals surface area contributed by atoms with Crippen molar-refractivity contribution in [3.05, 3.63) is 35.9 Å². The smallest absolute Gasteiger partial charge is 0.326 e. The first-order valence-corrected chi connectivity index (χ1v) is 19.2. The molecule has 334 valence electrons. The molecule has 0 unspecified atom stereocenters. The van der Waals surface area contributed by atoms with Crippen molar-refractivity contribution >= 4 is 59.2 Å². The van der Waals surface area contributed by atoms with Gasteiger partial charge in [-0.2, -0.15) is 0 Å². The van der Waals surface area contributed by atoms with Crippen molar-refractivity contribution in [2.45, 2.75) is 95.5 Å². The van der Waals surface area contributed by atoms with Gasteiger partial charge in [-0.15, -0.1) is 0 Å². The number of carboxylic acid groups (broad SMARTS) is 2. The Hall–Kier alpha value is -6.20. The van der Waals surface area contributed by atoms with Crippen LogP contribution in [0.3, 0.4) is 0 Å². The van der Waals surface area contributed by atoms with Crippen molar-refractivity contribution in [3.63, 3.8) is 0 Å². The molecular weight excluding hydrogens is 792 g/mol. The number of nitrogens with two attached hydrogens (primary N) is 2. The minimum atomic E-state index is -1.74. The Labute approximate surface area is 346 Å². The summed E-state index contributed by atoms with van der Waals surface area (Å²) < 4.78 is 0. The fraction of sp³-hybridized carbons (Fsp3) is 0.568. The molecule has 0 saturated heterocycles. The number of carbonyl (C=O) groups is 10. The van der Waals surface area contributed by atoms with E-state index in [9.17, 15) is 63.3 Å². The van der Waals surface area contributed by atoms with E-state index < -0.39 is 128 Å². The molecule has 0 bridgehead atoms. The summed E-state index contributed by atoms with van der Waals surface area (Å²) in [4.78, 5) is 125. The zero-order valence-corrected chi connectivity index (χ0v) is 33.8. The second-order valence-electron chi connectivity index (χ2n) is 14.1. The summed E-state index contributed by atoms with van der Waals surface area (Å²) in [5.74, 6) is -10.2. The lowest BCUT2D eigenvalue weighted by atomic mass is 10.0. The maximum Gasteiger partial charge on any atom is 0.326 e. The lowest BCUT2D eigenvalue weighted by Crippen LogP contribution is -2.58. The molecular formula is C37H58N10O13. The Kier molecular flexibility index (Phi) is 23.7. The highest BCUT2D eigenvalue weighted by atomic mass is 16.4. The molecule has 0 aliphatic heterocycles. The summed E-state index contributed by atoms with van der Waals surface area (Å²) in [5.41, 5.74) is 11.5. The molecule has 6 atom stereocenters. The second-order valence-corrected chi connectivity index (χ2v) is 14.1. The molecule has 0 aromatic heterocycles. The van der Waals surface area contributed by atoms with E-state index in [1.807, 2.05) is 0 Å². The molecule has 1 aromatic rings. The summed E-state index contributed by atoms with van der Waals surface area (Å²) in [6.07, 6.45) is 0.148. The fourth-order valence-electron chi connectivity index (χ4n) is 5.37. The summed E-state index contributed by atoms with van der Waals surface area (Å²) >= 11 is 0. The average Bonchev–Trinajstić information content (AvgIpc) is 3.19. The van der Waals surface area contributed by atoms with E-state index in [2.05, 4.69) is 42.5 Å². The van der Waals surface area contributed by atoms with Gasteiger partial charge in [0.25, 0.3) is 0 Å². The zero-order chi connectivity index (χ0) is 45.4. The number of carbonyl (C=O) groups excluding carboxylic acids is 8. The Morgan fingerprint density at radius 2 is 1.13 bits per heavy atom. The van der Waals surface area contributed by atoms with E-state index in [4.69, 9.17) is 11.5 Å². The average molecular weight is 851 g/mol. The SMILES string of the molecule is CC(C)C[C@H](NC(=O)CNC(=O)[C@H](CO)NC(=O)[C@H](Cc1ccccc1)NC(=O)CN)C(=O)N[C@@H](CC(=O)O)C(=O)NCC(=O)N[C@@H](C)C(=O)N[C@@H](CCCCN)C(=O)O. The lowest BCUT2D eigenvalue weighted by Gasteiger charge is -2.24. The molecule has 60 heavy (non-hydrogen) atoms. The first kappa shape index (κ1) is 51.8. The van der Waals surface area contributed by atoms with Crippen molar-refractivity contribution < 1.29 is 63.3 Å². The Bertz CT molecular complexity index is 1650. The van der Waals surface area contributed by atoms with E-state index in [1.54, 1.807) is 44.2 Å². The molecule has 0 fully saturated rings. The van der Waals surface area contributed by atoms with Crippen LogP contribution in [0.4, 0.5) is 0 Å². The van der Waals surface area contributed by atoms with Gasteiger partial charge in [-0.25, -0.2) is 4.79 Å². The number of unbranched alkanes of at least 4 members (excludes halogenated alkanes) is 1. The van der Waals surface area contributed by atoms with Crippen molar-refractivity contribution in [2.75, 3.05) is 32.8 Å². The van der Waals surface area contributed by atoms with E-state index in [-0.39, 0.29) is 25.2 Å². The molecule has 0 radical (unpaired) electrons. The fourth-order valence-corrected chi connectivity index (χ4v) is 5.37. The minimum Gasteiger partial charge on any atom is -0.481 e. The second kappa shape index (κ2) is 27.5. The molecule has 23 nitrogen and oxygen atoms in total. The third-order valence-electron chi connectivity index (χ3n) is 8.48. The third kappa shape index (κ3) is 20.5. The minimum absolute atomic E-state index is 0.0162. The molecule has 15 N–H and O–H groups in total. The molecule has 1 rings (SSSR count). The van der Waals surface area contributed by atoms with Crippen molar-refractivity contribution in [3.8, 4) is 0 Å². The number of amides is 8. The van der Waals surface area contributed by atoms with Gasteiger partial charge in [0.15, 0.2) is 0 Å². The van der Waals surface area contributed by atoms with Gasteiger partial charge in [-0.3, -0.25) is 43.2 Å². The first-order valence-electron chi connectivity index (χ1n) is 19.2. The van der Waals surface area contributed by atoms with Gasteiger partial charge in [0.2, 0.25) is 47.3 Å². The van der Waals surface area contributed by atoms with Crippen LogP contribution in [-0.2, 0) is 54.4 Å². The summed E-state index contributed by atoms with van der Waals surface area (Å²) in [6.45, 7) is 2.19. The number of carboxylic acids is 2. The maximum atomic E-state index is 13.3. The normalized spacial score (nSPS) is 13.8. The number of nitrogens with one attached hydrogen (secondary N) is 8. The predicted octanol–water partition coefficient (Wildman–Crippen LogP) is -4.92. The number of aliphatic hydroxyl groups excluding tert-OH is 1. The van der Waals surface area contributed by atoms with Crippen molar-refractivity contribution in [2.24, 2.45) is 17.4 Å². The monoisotopic (exact) mass is 850 g/mol. The molecule has 0 aliphatic carbocycles. The Morgan fingerprint density at radius 3 is 1.67 bits per heavy atom. The number of aliphatic carboxylic acids is 2. The van der Waals surface area contributed by atoms with E-state index in [0.717, 1.165) is 0 Å². The van der Waals surface area contributed by atoms with Crippen LogP contribution in [-0.4, -0.2) is 144 Å². The summed E-state index contributed by atoms with van der Waals surface area (Å²) in [6, 6.07) is 0.315. The highest BCUT2D eigenvalue weighted by Crippen LogP contribution is 2.08. The number of rotatable bonds is 28. The molecule has 0 spiro atoms. The molecule has 0 heterocycles. The van der Waals surface area contributed by atoms with E-state index in [1.165, 1.54) is 6.92 Å². The van der Waals surface area contributed by atoms with Crippen LogP contribution in [0.2, 0.25) is 0 Å². The van der Waals surface area contributed by atoms with Crippen molar-refractivity contribution in [1.82, 2.24) is 42.5 Å². The quantitative estimate of drug-likeness (QED) is 0.0352. The Morgan fingerprint density at radius 1 is 0.600 bits per heavy atom. The summed E-state index contributed by atoms with van der Waals surface area (Å²) in [7, 11) is 0. The van der Waals surface area contributed by atoms with Gasteiger partial charge in [-0.1, -0.05) is 44.2 Å². The van der Waals surface area contributed by atoms with Crippen LogP contribution in [0.1, 0.15) is 58.4 Å². The molecule has 0 saturated carbocycles. The van der Waals surface area contributed by atoms with Crippen molar-refractivity contribution in [1.29, 1.82) is 0 Å². The molecule has 23 heteroatoms. The van der Waals surface area contributed by atoms with Crippen LogP contribution < -0.4 is 54.0 Å². The molecule has 1 aromatic carbocycles. The van der Waals surface area contributed by atoms with Gasteiger partial charge in [0.1, 0.15) is 36.3 Å². The third-order valence-corrected chi connectivity index (χ3v) is 8.48. The van der Waals surface area contributed by atoms with Gasteiger partial charge < -0.3 is 69.3 Å². The van der Waals surface area contributed by atoms with E-state index >= 15 is 0 Å². The van der Waals surface area contributed by atoms with Crippen LogP contribution in [0.15, 0.2) is 30.3 Å². The van der Waals surface area contributed by atoms with Crippen LogP contribution >= 0.6 is 0 Å². The van der Waals surface area contributed by atoms with Crippen LogP contribution in [0.25, 0.3) is 0 Å². The number of aliphatic hydroxyl groups is 1. The van der Waals surface area contributed by atoms with Gasteiger partial charge in [-0.05, 0) is 50.6 Å². The van der Waals surface area contributed by atoms with Gasteiger partial charge >= 0.3 is 11.9 Å². The Balaban J connectivity index is 2.87. The molecule has 8 amide bonds. The largest absolute Gasteiger partial charge is 0.481 e. The van der Waals surface area contributed by atoms with Crippen LogP contribution in [0.5, 0.6) is 0 Å². The first-order chi connectivity index (χ1) is 28.3. The van der Waals surface area contributed by atoms with Crippen LogP contribution in [0, 0.1) is 5.92 Å². The number of benzene rings is 1. The van der Waals surface area contributed by atoms with E-state index in [0.29, 0.717) is 24.9 Å². The highest BCUT2D eigenvalue weighted by Gasteiger charge is 2.31. The highest BCUT2D eigenvalue weighted by molar-refractivity contribution is 5.97. The summed E-state index contributed by atoms with van der Waals surface area (Å²) in [5, 5.41) is 47.0. The maximum absolute atomic E-state index is 13.3. The standard InChI is InChI=1S/C37H58N10O13/c1-20(2)13-24(44-30(51)18-41-34(56)27(19-48)47-36(58)25(43-28(49)16-39)14-22-9-5-4-6-10-22)35(57)46-26(15-31(52)53)33(55)40-17-29(50)42-21(3)32(54)45-23(37(59)60)11-7-8-12-38/h4-6,9-10,20-21,23-27,48H,7-8,11-19,38-39H2,1-3H3,(H,40,55)(H,41,56)(H,42,50)(H,43,49)(H,44,51)(H,45,54)(H,46,57)(H,47,58)(H,52,53)(H,59,60)/t21-,23-,24-,25-,26-,27-/m0/s1. The topological polar surface area (TPSA) is 380 Å². The predicted molar refractivity (Wildman–Crippen MR) is 212 cm³/mol. The zero-order valence-electron chi connectivity index (χ0n) is 33.8. The van der Waals surface area contributed by atoms with Gasteiger partial charge in [0, 0.05) is 6.42 Å². The molecule has 0 aliphatic rings. The van der Waals surface area contributed by atoms with Gasteiger partial charge in [0.05, 0.1) is 32.7 Å². The number of hydrogen-bond donors (Lipinski definition) is 13. The number of hydrogen-bond acceptors (Lipinski definition) is 13. The lowest BCUT2D eigenvalue weighted by molar-refractivity contribution is -0.142.